The van der Waals surface area contributed by atoms with Crippen LogP contribution in [0.5, 0.6) is 0 Å². The van der Waals surface area contributed by atoms with Crippen LogP contribution in [-0.4, -0.2) is 30.2 Å². The van der Waals surface area contributed by atoms with Crippen molar-refractivity contribution in [1.82, 2.24) is 4.31 Å². The maximum atomic E-state index is 13.7. The molecule has 6 nitrogen and oxygen atoms in total. The van der Waals surface area contributed by atoms with E-state index in [1.54, 1.807) is 6.92 Å². The van der Waals surface area contributed by atoms with E-state index in [4.69, 9.17) is 0 Å². The van der Waals surface area contributed by atoms with Gasteiger partial charge in [0.25, 0.3) is 5.69 Å². The SMILES string of the molecule is Cc1c(F)cc(S(=O)(=O)N2CCC[C@H]2C)cc1[N+](=O)[O-]. The smallest absolute Gasteiger partial charge is 0.258 e. The van der Waals surface area contributed by atoms with Crippen molar-refractivity contribution in [2.75, 3.05) is 6.54 Å². The van der Waals surface area contributed by atoms with Gasteiger partial charge in [0.05, 0.1) is 15.4 Å². The van der Waals surface area contributed by atoms with E-state index in [2.05, 4.69) is 0 Å². The number of rotatable bonds is 3. The molecule has 1 aromatic carbocycles. The van der Waals surface area contributed by atoms with Gasteiger partial charge in [-0.15, -0.1) is 0 Å². The second-order valence-corrected chi connectivity index (χ2v) is 6.80. The van der Waals surface area contributed by atoms with Crippen LogP contribution in [0.4, 0.5) is 10.1 Å². The Hall–Kier alpha value is -1.54. The molecule has 0 aromatic heterocycles. The van der Waals surface area contributed by atoms with Gasteiger partial charge in [0, 0.05) is 18.7 Å². The molecule has 2 rings (SSSR count). The summed E-state index contributed by atoms with van der Waals surface area (Å²) >= 11 is 0. The fraction of sp³-hybridized carbons (Fsp3) is 0.500. The lowest BCUT2D eigenvalue weighted by atomic mass is 10.2. The van der Waals surface area contributed by atoms with E-state index in [1.165, 1.54) is 11.2 Å². The molecule has 1 aromatic rings. The lowest BCUT2D eigenvalue weighted by Crippen LogP contribution is -2.33. The van der Waals surface area contributed by atoms with E-state index >= 15 is 0 Å². The van der Waals surface area contributed by atoms with Crippen molar-refractivity contribution in [3.05, 3.63) is 33.6 Å². The first-order chi connectivity index (χ1) is 9.25. The van der Waals surface area contributed by atoms with E-state index in [0.717, 1.165) is 25.0 Å². The molecule has 110 valence electrons. The molecular weight excluding hydrogens is 287 g/mol. The number of benzene rings is 1. The standard InChI is InChI=1S/C12H15FN2O4S/c1-8-4-3-5-14(8)20(18,19)10-6-11(13)9(2)12(7-10)15(16)17/h6-8H,3-5H2,1-2H3/t8-/m1/s1. The van der Waals surface area contributed by atoms with Gasteiger partial charge in [-0.3, -0.25) is 10.1 Å². The molecule has 0 unspecified atom stereocenters. The Balaban J connectivity index is 2.55. The minimum absolute atomic E-state index is 0.163. The first-order valence-corrected chi connectivity index (χ1v) is 7.65. The average molecular weight is 302 g/mol. The summed E-state index contributed by atoms with van der Waals surface area (Å²) < 4.78 is 39.8. The maximum Gasteiger partial charge on any atom is 0.276 e. The van der Waals surface area contributed by atoms with Crippen LogP contribution in [0.25, 0.3) is 0 Å². The van der Waals surface area contributed by atoms with E-state index < -0.39 is 26.5 Å². The van der Waals surface area contributed by atoms with Crippen LogP contribution in [0, 0.1) is 22.9 Å². The molecule has 1 heterocycles. The topological polar surface area (TPSA) is 80.5 Å². The van der Waals surface area contributed by atoms with E-state index in [-0.39, 0.29) is 16.5 Å². The average Bonchev–Trinajstić information content (AvgIpc) is 2.78. The molecule has 0 radical (unpaired) electrons. The Bertz CT molecular complexity index is 660. The summed E-state index contributed by atoms with van der Waals surface area (Å²) in [6.07, 6.45) is 1.46. The van der Waals surface area contributed by atoms with Crippen molar-refractivity contribution >= 4 is 15.7 Å². The largest absolute Gasteiger partial charge is 0.276 e. The summed E-state index contributed by atoms with van der Waals surface area (Å²) in [7, 11) is -3.89. The number of hydrogen-bond donors (Lipinski definition) is 0. The van der Waals surface area contributed by atoms with Crippen LogP contribution in [0.1, 0.15) is 25.3 Å². The van der Waals surface area contributed by atoms with Crippen LogP contribution in [-0.2, 0) is 10.0 Å². The number of nitrogens with zero attached hydrogens (tertiary/aromatic N) is 2. The Kier molecular flexibility index (Phi) is 3.79. The van der Waals surface area contributed by atoms with Crippen molar-refractivity contribution in [2.45, 2.75) is 37.6 Å². The predicted molar refractivity (Wildman–Crippen MR) is 70.4 cm³/mol. The van der Waals surface area contributed by atoms with Crippen molar-refractivity contribution in [1.29, 1.82) is 0 Å². The fourth-order valence-electron chi connectivity index (χ4n) is 2.38. The Morgan fingerprint density at radius 2 is 2.10 bits per heavy atom. The molecule has 0 saturated carbocycles. The highest BCUT2D eigenvalue weighted by molar-refractivity contribution is 7.89. The van der Waals surface area contributed by atoms with Crippen molar-refractivity contribution < 1.29 is 17.7 Å². The number of hydrogen-bond acceptors (Lipinski definition) is 4. The highest BCUT2D eigenvalue weighted by Gasteiger charge is 2.34. The molecule has 0 aliphatic carbocycles. The summed E-state index contributed by atoms with van der Waals surface area (Å²) in [5.74, 6) is -0.885. The highest BCUT2D eigenvalue weighted by Crippen LogP contribution is 2.30. The van der Waals surface area contributed by atoms with Gasteiger partial charge >= 0.3 is 0 Å². The van der Waals surface area contributed by atoms with Gasteiger partial charge in [0.2, 0.25) is 10.0 Å². The van der Waals surface area contributed by atoms with Gasteiger partial charge in [-0.05, 0) is 32.8 Å². The molecule has 1 saturated heterocycles. The van der Waals surface area contributed by atoms with Gasteiger partial charge in [-0.2, -0.15) is 4.31 Å². The van der Waals surface area contributed by atoms with E-state index in [1.807, 2.05) is 0 Å². The van der Waals surface area contributed by atoms with E-state index in [0.29, 0.717) is 6.54 Å². The second-order valence-electron chi connectivity index (χ2n) is 4.91. The highest BCUT2D eigenvalue weighted by atomic mass is 32.2. The van der Waals surface area contributed by atoms with Crippen molar-refractivity contribution in [3.63, 3.8) is 0 Å². The third-order valence-corrected chi connectivity index (χ3v) is 5.58. The number of halogens is 1. The quantitative estimate of drug-likeness (QED) is 0.633. The molecule has 1 aliphatic heterocycles. The molecular formula is C12H15FN2O4S. The summed E-state index contributed by atoms with van der Waals surface area (Å²) in [6.45, 7) is 3.37. The Labute approximate surface area is 116 Å². The van der Waals surface area contributed by atoms with Gasteiger partial charge in [-0.25, -0.2) is 12.8 Å². The zero-order valence-corrected chi connectivity index (χ0v) is 12.0. The van der Waals surface area contributed by atoms with Crippen LogP contribution >= 0.6 is 0 Å². The van der Waals surface area contributed by atoms with Gasteiger partial charge in [0.15, 0.2) is 0 Å². The minimum atomic E-state index is -3.89. The molecule has 0 bridgehead atoms. The normalized spacial score (nSPS) is 20.2. The lowest BCUT2D eigenvalue weighted by molar-refractivity contribution is -0.385. The number of nitro benzene ring substituents is 1. The number of sulfonamides is 1. The third kappa shape index (κ3) is 2.40. The summed E-state index contributed by atoms with van der Waals surface area (Å²) in [6, 6.07) is 1.60. The lowest BCUT2D eigenvalue weighted by Gasteiger charge is -2.21. The Morgan fingerprint density at radius 1 is 1.45 bits per heavy atom. The molecule has 0 spiro atoms. The molecule has 8 heteroatoms. The Morgan fingerprint density at radius 3 is 2.60 bits per heavy atom. The predicted octanol–water partition coefficient (Wildman–Crippen LogP) is 2.22. The van der Waals surface area contributed by atoms with Crippen molar-refractivity contribution in [2.24, 2.45) is 0 Å². The zero-order chi connectivity index (χ0) is 15.1. The molecule has 0 amide bonds. The monoisotopic (exact) mass is 302 g/mol. The molecule has 1 atom stereocenters. The summed E-state index contributed by atoms with van der Waals surface area (Å²) in [5, 5.41) is 10.9. The minimum Gasteiger partial charge on any atom is -0.258 e. The second kappa shape index (κ2) is 5.10. The first kappa shape index (κ1) is 14.9. The van der Waals surface area contributed by atoms with Crippen LogP contribution in [0.3, 0.4) is 0 Å². The van der Waals surface area contributed by atoms with E-state index in [9.17, 15) is 22.9 Å². The summed E-state index contributed by atoms with van der Waals surface area (Å²) in [5.41, 5.74) is -0.682. The van der Waals surface area contributed by atoms with Gasteiger partial charge < -0.3 is 0 Å². The van der Waals surface area contributed by atoms with Crippen molar-refractivity contribution in [3.8, 4) is 0 Å². The van der Waals surface area contributed by atoms with Crippen LogP contribution < -0.4 is 0 Å². The molecule has 1 aliphatic rings. The fourth-order valence-corrected chi connectivity index (χ4v) is 4.11. The molecule has 0 N–H and O–H groups in total. The zero-order valence-electron chi connectivity index (χ0n) is 11.2. The molecule has 1 fully saturated rings. The van der Waals surface area contributed by atoms with Crippen LogP contribution in [0.15, 0.2) is 17.0 Å². The maximum absolute atomic E-state index is 13.7. The first-order valence-electron chi connectivity index (χ1n) is 6.21. The van der Waals surface area contributed by atoms with Gasteiger partial charge in [-0.1, -0.05) is 0 Å². The number of nitro groups is 1. The van der Waals surface area contributed by atoms with Gasteiger partial charge in [0.1, 0.15) is 5.82 Å². The molecule has 20 heavy (non-hydrogen) atoms. The third-order valence-electron chi connectivity index (χ3n) is 3.59. The van der Waals surface area contributed by atoms with Crippen LogP contribution in [0.2, 0.25) is 0 Å². The summed E-state index contributed by atoms with van der Waals surface area (Å²) in [4.78, 5) is 9.74.